The number of hydrogen-bond acceptors (Lipinski definition) is 2. The molecule has 142 valence electrons. The van der Waals surface area contributed by atoms with Crippen molar-refractivity contribution in [1.82, 2.24) is 10.2 Å². The van der Waals surface area contributed by atoms with Crippen LogP contribution in [0.5, 0.6) is 0 Å². The van der Waals surface area contributed by atoms with Gasteiger partial charge in [0.1, 0.15) is 6.54 Å². The standard InChI is InChI=1S/C21H31N3O2/c1-15-5-7-18(8-6-15)24-10-9-23(20(24)26)14-19(25)22-17-11-16(2)12-21(3,4)13-17/h5-8,16-17H,9-14H2,1-4H3,(H,22,25). The smallest absolute Gasteiger partial charge is 0.325 e. The summed E-state index contributed by atoms with van der Waals surface area (Å²) in [4.78, 5) is 28.5. The highest BCUT2D eigenvalue weighted by atomic mass is 16.2. The Bertz CT molecular complexity index is 668. The first-order valence-electron chi connectivity index (χ1n) is 9.66. The molecule has 1 aromatic rings. The normalized spacial score (nSPS) is 25.5. The lowest BCUT2D eigenvalue weighted by Gasteiger charge is -2.39. The molecule has 2 unspecified atom stereocenters. The highest BCUT2D eigenvalue weighted by Gasteiger charge is 2.34. The minimum atomic E-state index is -0.0821. The van der Waals surface area contributed by atoms with E-state index in [4.69, 9.17) is 0 Å². The van der Waals surface area contributed by atoms with Crippen LogP contribution in [0.1, 0.15) is 45.6 Å². The van der Waals surface area contributed by atoms with Gasteiger partial charge < -0.3 is 10.2 Å². The molecule has 3 rings (SSSR count). The van der Waals surface area contributed by atoms with E-state index in [0.717, 1.165) is 18.5 Å². The van der Waals surface area contributed by atoms with Gasteiger partial charge in [0, 0.05) is 24.8 Å². The molecule has 5 nitrogen and oxygen atoms in total. The van der Waals surface area contributed by atoms with Crippen LogP contribution >= 0.6 is 0 Å². The van der Waals surface area contributed by atoms with Crippen molar-refractivity contribution in [3.63, 3.8) is 0 Å². The molecule has 1 saturated carbocycles. The fourth-order valence-corrected chi connectivity index (χ4v) is 4.60. The first-order chi connectivity index (χ1) is 12.2. The minimum absolute atomic E-state index is 0.0426. The molecule has 2 aliphatic rings. The summed E-state index contributed by atoms with van der Waals surface area (Å²) in [5, 5.41) is 3.16. The Morgan fingerprint density at radius 1 is 1.19 bits per heavy atom. The van der Waals surface area contributed by atoms with Crippen LogP contribution in [0.2, 0.25) is 0 Å². The topological polar surface area (TPSA) is 52.6 Å². The van der Waals surface area contributed by atoms with E-state index in [0.29, 0.717) is 19.0 Å². The first kappa shape index (κ1) is 18.7. The molecule has 1 aliphatic heterocycles. The SMILES string of the molecule is Cc1ccc(N2CCN(CC(=O)NC3CC(C)CC(C)(C)C3)C2=O)cc1. The Labute approximate surface area is 156 Å². The van der Waals surface area contributed by atoms with E-state index >= 15 is 0 Å². The molecular formula is C21H31N3O2. The summed E-state index contributed by atoms with van der Waals surface area (Å²) < 4.78 is 0. The number of urea groups is 1. The highest BCUT2D eigenvalue weighted by molar-refractivity contribution is 5.96. The Kier molecular flexibility index (Phi) is 5.26. The van der Waals surface area contributed by atoms with Crippen LogP contribution < -0.4 is 10.2 Å². The Morgan fingerprint density at radius 3 is 2.54 bits per heavy atom. The van der Waals surface area contributed by atoms with Gasteiger partial charge in [-0.25, -0.2) is 4.79 Å². The van der Waals surface area contributed by atoms with Crippen molar-refractivity contribution >= 4 is 17.6 Å². The van der Waals surface area contributed by atoms with E-state index in [9.17, 15) is 9.59 Å². The van der Waals surface area contributed by atoms with E-state index in [1.165, 1.54) is 12.0 Å². The summed E-state index contributed by atoms with van der Waals surface area (Å²) >= 11 is 0. The molecule has 2 fully saturated rings. The van der Waals surface area contributed by atoms with Crippen molar-refractivity contribution in [3.05, 3.63) is 29.8 Å². The molecule has 2 atom stereocenters. The molecule has 26 heavy (non-hydrogen) atoms. The van der Waals surface area contributed by atoms with E-state index < -0.39 is 0 Å². The van der Waals surface area contributed by atoms with Crippen LogP contribution in [-0.4, -0.2) is 42.5 Å². The van der Waals surface area contributed by atoms with Crippen molar-refractivity contribution in [2.24, 2.45) is 11.3 Å². The molecule has 0 spiro atoms. The van der Waals surface area contributed by atoms with Gasteiger partial charge in [0.15, 0.2) is 0 Å². The van der Waals surface area contributed by atoms with Crippen LogP contribution in [0.4, 0.5) is 10.5 Å². The number of benzene rings is 1. The lowest BCUT2D eigenvalue weighted by molar-refractivity contribution is -0.122. The number of anilines is 1. The fraction of sp³-hybridized carbons (Fsp3) is 0.619. The van der Waals surface area contributed by atoms with Crippen LogP contribution in [0, 0.1) is 18.3 Å². The van der Waals surface area contributed by atoms with Crippen LogP contribution in [0.15, 0.2) is 24.3 Å². The molecule has 0 radical (unpaired) electrons. The predicted molar refractivity (Wildman–Crippen MR) is 104 cm³/mol. The number of hydrogen-bond donors (Lipinski definition) is 1. The number of amides is 3. The quantitative estimate of drug-likeness (QED) is 0.896. The molecule has 1 saturated heterocycles. The zero-order valence-corrected chi connectivity index (χ0v) is 16.4. The van der Waals surface area contributed by atoms with Crippen molar-refractivity contribution in [2.45, 2.75) is 53.0 Å². The number of nitrogens with zero attached hydrogens (tertiary/aromatic N) is 2. The van der Waals surface area contributed by atoms with Crippen LogP contribution in [0.25, 0.3) is 0 Å². The fourth-order valence-electron chi connectivity index (χ4n) is 4.60. The van der Waals surface area contributed by atoms with Gasteiger partial charge in [-0.15, -0.1) is 0 Å². The molecule has 0 bridgehead atoms. The lowest BCUT2D eigenvalue weighted by Crippen LogP contribution is -2.47. The third kappa shape index (κ3) is 4.37. The predicted octanol–water partition coefficient (Wildman–Crippen LogP) is 3.57. The van der Waals surface area contributed by atoms with E-state index in [1.54, 1.807) is 9.80 Å². The summed E-state index contributed by atoms with van der Waals surface area (Å²) in [6.07, 6.45) is 3.24. The molecule has 0 aromatic heterocycles. The van der Waals surface area contributed by atoms with Gasteiger partial charge in [-0.05, 0) is 49.7 Å². The maximum absolute atomic E-state index is 12.6. The monoisotopic (exact) mass is 357 g/mol. The lowest BCUT2D eigenvalue weighted by atomic mass is 9.70. The van der Waals surface area contributed by atoms with Crippen LogP contribution in [0.3, 0.4) is 0 Å². The zero-order valence-electron chi connectivity index (χ0n) is 16.4. The second-order valence-corrected chi connectivity index (χ2v) is 8.87. The van der Waals surface area contributed by atoms with Gasteiger partial charge in [-0.3, -0.25) is 9.69 Å². The Morgan fingerprint density at radius 2 is 1.88 bits per heavy atom. The largest absolute Gasteiger partial charge is 0.352 e. The summed E-state index contributed by atoms with van der Waals surface area (Å²) in [6, 6.07) is 8.06. The van der Waals surface area contributed by atoms with E-state index in [2.05, 4.69) is 26.1 Å². The summed E-state index contributed by atoms with van der Waals surface area (Å²) in [5.41, 5.74) is 2.33. The molecule has 3 amide bonds. The molecule has 5 heteroatoms. The van der Waals surface area contributed by atoms with Gasteiger partial charge in [0.05, 0.1) is 0 Å². The van der Waals surface area contributed by atoms with Crippen molar-refractivity contribution in [1.29, 1.82) is 0 Å². The number of rotatable bonds is 4. The average molecular weight is 357 g/mol. The average Bonchev–Trinajstić information content (AvgIpc) is 2.87. The second-order valence-electron chi connectivity index (χ2n) is 8.87. The molecular weight excluding hydrogens is 326 g/mol. The first-order valence-corrected chi connectivity index (χ1v) is 9.66. The van der Waals surface area contributed by atoms with Gasteiger partial charge in [-0.1, -0.05) is 38.5 Å². The minimum Gasteiger partial charge on any atom is -0.352 e. The molecule has 1 aliphatic carbocycles. The number of carbonyl (C=O) groups excluding carboxylic acids is 2. The maximum atomic E-state index is 12.6. The number of nitrogens with one attached hydrogen (secondary N) is 1. The molecule has 1 aromatic carbocycles. The van der Waals surface area contributed by atoms with E-state index in [-0.39, 0.29) is 29.9 Å². The third-order valence-corrected chi connectivity index (χ3v) is 5.53. The molecule has 1 heterocycles. The number of carbonyl (C=O) groups is 2. The van der Waals surface area contributed by atoms with Crippen molar-refractivity contribution in [3.8, 4) is 0 Å². The zero-order chi connectivity index (χ0) is 18.9. The Balaban J connectivity index is 1.55. The summed E-state index contributed by atoms with van der Waals surface area (Å²) in [7, 11) is 0. The van der Waals surface area contributed by atoms with E-state index in [1.807, 2.05) is 31.2 Å². The van der Waals surface area contributed by atoms with Gasteiger partial charge in [0.25, 0.3) is 0 Å². The molecule has 1 N–H and O–H groups in total. The van der Waals surface area contributed by atoms with Gasteiger partial charge >= 0.3 is 6.03 Å². The van der Waals surface area contributed by atoms with Gasteiger partial charge in [0.2, 0.25) is 5.91 Å². The summed E-state index contributed by atoms with van der Waals surface area (Å²) in [6.45, 7) is 10.2. The Hall–Kier alpha value is -2.04. The van der Waals surface area contributed by atoms with Crippen molar-refractivity contribution < 1.29 is 9.59 Å². The second kappa shape index (κ2) is 7.29. The van der Waals surface area contributed by atoms with Crippen molar-refractivity contribution in [2.75, 3.05) is 24.5 Å². The summed E-state index contributed by atoms with van der Waals surface area (Å²) in [5.74, 6) is 0.577. The number of aryl methyl sites for hydroxylation is 1. The maximum Gasteiger partial charge on any atom is 0.325 e. The van der Waals surface area contributed by atoms with Crippen LogP contribution in [-0.2, 0) is 4.79 Å². The highest BCUT2D eigenvalue weighted by Crippen LogP contribution is 2.38. The third-order valence-electron chi connectivity index (χ3n) is 5.53. The van der Waals surface area contributed by atoms with Gasteiger partial charge in [-0.2, -0.15) is 0 Å².